The lowest BCUT2D eigenvalue weighted by molar-refractivity contribution is 0.599. The smallest absolute Gasteiger partial charge is 0.261 e. The Kier molecular flexibility index (Phi) is 5.95. The summed E-state index contributed by atoms with van der Waals surface area (Å²) in [4.78, 5) is 0.0414. The van der Waals surface area contributed by atoms with Crippen LogP contribution in [-0.4, -0.2) is 16.8 Å². The maximum Gasteiger partial charge on any atom is 0.261 e. The molecule has 152 valence electrons. The first-order valence-corrected chi connectivity index (χ1v) is 12.0. The van der Waals surface area contributed by atoms with E-state index in [1.807, 2.05) is 38.1 Å². The number of hydrogen-bond donors (Lipinski definition) is 2. The number of hydrogen-bond acceptors (Lipinski definition) is 4. The summed E-state index contributed by atoms with van der Waals surface area (Å²) >= 11 is 0. The van der Waals surface area contributed by atoms with Gasteiger partial charge in [-0.2, -0.15) is 0 Å². The first-order valence-electron chi connectivity index (χ1n) is 8.89. The summed E-state index contributed by atoms with van der Waals surface area (Å²) in [6.07, 6.45) is 0. The van der Waals surface area contributed by atoms with Crippen LogP contribution in [-0.2, 0) is 25.8 Å². The first-order chi connectivity index (χ1) is 13.6. The summed E-state index contributed by atoms with van der Waals surface area (Å²) in [7, 11) is -7.39. The van der Waals surface area contributed by atoms with E-state index in [4.69, 9.17) is 0 Å². The van der Waals surface area contributed by atoms with E-state index in [2.05, 4.69) is 9.44 Å². The monoisotopic (exact) mass is 430 g/mol. The van der Waals surface area contributed by atoms with E-state index in [0.29, 0.717) is 16.9 Å². The second kappa shape index (κ2) is 8.26. The highest BCUT2D eigenvalue weighted by Gasteiger charge is 2.16. The van der Waals surface area contributed by atoms with Crippen LogP contribution in [0.5, 0.6) is 0 Å². The van der Waals surface area contributed by atoms with E-state index in [0.717, 1.165) is 11.1 Å². The molecule has 6 nitrogen and oxygen atoms in total. The third-order valence-corrected chi connectivity index (χ3v) is 6.84. The van der Waals surface area contributed by atoms with E-state index in [9.17, 15) is 16.8 Å². The first kappa shape index (κ1) is 20.9. The number of rotatable bonds is 7. The molecule has 0 amide bonds. The molecule has 0 radical (unpaired) electrons. The van der Waals surface area contributed by atoms with Crippen molar-refractivity contribution in [2.75, 3.05) is 9.44 Å². The molecule has 0 bridgehead atoms. The van der Waals surface area contributed by atoms with Crippen LogP contribution in [0.2, 0.25) is 0 Å². The molecule has 29 heavy (non-hydrogen) atoms. The Labute approximate surface area is 171 Å². The van der Waals surface area contributed by atoms with Crippen LogP contribution in [0.15, 0.2) is 77.7 Å². The fourth-order valence-electron chi connectivity index (χ4n) is 2.77. The zero-order valence-electron chi connectivity index (χ0n) is 16.1. The number of benzene rings is 3. The standard InChI is InChI=1S/C21H22N2O4S2/c1-16-6-8-20(9-7-16)23-29(26,27)21-12-10-19(11-13-21)22-28(24,25)15-18-5-3-4-17(2)14-18/h3-14,22-23H,15H2,1-2H3. The normalized spacial score (nSPS) is 11.8. The molecule has 3 aromatic rings. The van der Waals surface area contributed by atoms with Gasteiger partial charge in [0, 0.05) is 11.4 Å². The van der Waals surface area contributed by atoms with Crippen LogP contribution < -0.4 is 9.44 Å². The largest absolute Gasteiger partial charge is 0.283 e. The summed E-state index contributed by atoms with van der Waals surface area (Å²) < 4.78 is 54.8. The van der Waals surface area contributed by atoms with Crippen molar-refractivity contribution in [3.05, 3.63) is 89.5 Å². The topological polar surface area (TPSA) is 92.3 Å². The molecule has 0 aliphatic rings. The van der Waals surface area contributed by atoms with Gasteiger partial charge in [0.15, 0.2) is 0 Å². The molecule has 8 heteroatoms. The molecule has 3 aromatic carbocycles. The second-order valence-electron chi connectivity index (χ2n) is 6.85. The van der Waals surface area contributed by atoms with Crippen LogP contribution in [0.4, 0.5) is 11.4 Å². The number of anilines is 2. The van der Waals surface area contributed by atoms with Gasteiger partial charge in [-0.1, -0.05) is 47.5 Å². The maximum atomic E-state index is 12.5. The van der Waals surface area contributed by atoms with Crippen molar-refractivity contribution in [3.63, 3.8) is 0 Å². The van der Waals surface area contributed by atoms with Crippen molar-refractivity contribution in [3.8, 4) is 0 Å². The van der Waals surface area contributed by atoms with Crippen LogP contribution in [0.25, 0.3) is 0 Å². The highest BCUT2D eigenvalue weighted by Crippen LogP contribution is 2.20. The third-order valence-electron chi connectivity index (χ3n) is 4.18. The van der Waals surface area contributed by atoms with Crippen LogP contribution in [0.1, 0.15) is 16.7 Å². The summed E-state index contributed by atoms with van der Waals surface area (Å²) in [5, 5.41) is 0. The maximum absolute atomic E-state index is 12.5. The van der Waals surface area contributed by atoms with Crippen molar-refractivity contribution >= 4 is 31.4 Å². The SMILES string of the molecule is Cc1ccc(NS(=O)(=O)c2ccc(NS(=O)(=O)Cc3cccc(C)c3)cc2)cc1. The molecular formula is C21H22N2O4S2. The van der Waals surface area contributed by atoms with Gasteiger partial charge in [-0.05, 0) is 55.8 Å². The molecule has 0 heterocycles. The average Bonchev–Trinajstić information content (AvgIpc) is 2.63. The van der Waals surface area contributed by atoms with Crippen LogP contribution in [0, 0.1) is 13.8 Å². The minimum absolute atomic E-state index is 0.0414. The quantitative estimate of drug-likeness (QED) is 0.592. The summed E-state index contributed by atoms with van der Waals surface area (Å²) in [6, 6.07) is 19.8. The van der Waals surface area contributed by atoms with Gasteiger partial charge in [0.05, 0.1) is 10.6 Å². The Morgan fingerprint density at radius 1 is 0.690 bits per heavy atom. The lowest BCUT2D eigenvalue weighted by Gasteiger charge is -2.11. The third kappa shape index (κ3) is 5.82. The predicted molar refractivity (Wildman–Crippen MR) is 116 cm³/mol. The van der Waals surface area contributed by atoms with Crippen LogP contribution in [0.3, 0.4) is 0 Å². The van der Waals surface area contributed by atoms with E-state index >= 15 is 0 Å². The van der Waals surface area contributed by atoms with Crippen molar-refractivity contribution in [2.45, 2.75) is 24.5 Å². The van der Waals surface area contributed by atoms with Gasteiger partial charge in [0.25, 0.3) is 10.0 Å². The number of nitrogens with one attached hydrogen (secondary N) is 2. The Bertz CT molecular complexity index is 1200. The van der Waals surface area contributed by atoms with Gasteiger partial charge in [0.1, 0.15) is 0 Å². The molecule has 0 spiro atoms. The highest BCUT2D eigenvalue weighted by atomic mass is 32.2. The van der Waals surface area contributed by atoms with Gasteiger partial charge in [-0.25, -0.2) is 16.8 Å². The zero-order chi connectivity index (χ0) is 21.1. The van der Waals surface area contributed by atoms with E-state index in [-0.39, 0.29) is 10.6 Å². The Morgan fingerprint density at radius 2 is 1.28 bits per heavy atom. The molecule has 0 saturated carbocycles. The van der Waals surface area contributed by atoms with Crippen molar-refractivity contribution in [2.24, 2.45) is 0 Å². The molecule has 0 aliphatic heterocycles. The van der Waals surface area contributed by atoms with Crippen molar-refractivity contribution < 1.29 is 16.8 Å². The van der Waals surface area contributed by atoms with Crippen LogP contribution >= 0.6 is 0 Å². The molecule has 0 fully saturated rings. The summed E-state index contributed by atoms with van der Waals surface area (Å²) in [5.41, 5.74) is 3.44. The van der Waals surface area contributed by atoms with E-state index in [1.54, 1.807) is 24.3 Å². The Hall–Kier alpha value is -2.84. The van der Waals surface area contributed by atoms with Crippen molar-refractivity contribution in [1.82, 2.24) is 0 Å². The molecule has 0 unspecified atom stereocenters. The number of sulfonamides is 2. The van der Waals surface area contributed by atoms with Gasteiger partial charge in [-0.15, -0.1) is 0 Å². The molecule has 0 saturated heterocycles. The average molecular weight is 431 g/mol. The minimum atomic E-state index is -3.77. The fraction of sp³-hybridized carbons (Fsp3) is 0.143. The van der Waals surface area contributed by atoms with E-state index in [1.165, 1.54) is 24.3 Å². The Balaban J connectivity index is 1.71. The second-order valence-corrected chi connectivity index (χ2v) is 10.3. The Morgan fingerprint density at radius 3 is 1.90 bits per heavy atom. The van der Waals surface area contributed by atoms with Gasteiger partial charge >= 0.3 is 0 Å². The molecule has 0 aliphatic carbocycles. The summed E-state index contributed by atoms with van der Waals surface area (Å²) in [5.74, 6) is -0.163. The van der Waals surface area contributed by atoms with E-state index < -0.39 is 20.0 Å². The minimum Gasteiger partial charge on any atom is -0.283 e. The highest BCUT2D eigenvalue weighted by molar-refractivity contribution is 7.92. The molecule has 0 atom stereocenters. The molecule has 0 aromatic heterocycles. The lowest BCUT2D eigenvalue weighted by Crippen LogP contribution is -2.16. The van der Waals surface area contributed by atoms with Gasteiger partial charge in [-0.3, -0.25) is 9.44 Å². The molecular weight excluding hydrogens is 408 g/mol. The lowest BCUT2D eigenvalue weighted by atomic mass is 10.2. The zero-order valence-corrected chi connectivity index (χ0v) is 17.7. The molecule has 3 rings (SSSR count). The predicted octanol–water partition coefficient (Wildman–Crippen LogP) is 4.05. The number of aryl methyl sites for hydroxylation is 2. The molecule has 2 N–H and O–H groups in total. The van der Waals surface area contributed by atoms with Crippen molar-refractivity contribution in [1.29, 1.82) is 0 Å². The fourth-order valence-corrected chi connectivity index (χ4v) is 5.02. The summed E-state index contributed by atoms with van der Waals surface area (Å²) in [6.45, 7) is 3.81. The van der Waals surface area contributed by atoms with Gasteiger partial charge < -0.3 is 0 Å². The van der Waals surface area contributed by atoms with Gasteiger partial charge in [0.2, 0.25) is 10.0 Å².